The Labute approximate surface area is 174 Å². The minimum absolute atomic E-state index is 0.205. The number of carbonyl (C=O) groups excluding carboxylic acids is 1. The molecular weight excluding hydrogens is 383 g/mol. The van der Waals surface area contributed by atoms with Crippen LogP contribution in [0, 0.1) is 5.82 Å². The first-order valence-electron chi connectivity index (χ1n) is 9.74. The van der Waals surface area contributed by atoms with Crippen LogP contribution in [-0.2, 0) is 19.5 Å². The third-order valence-electron chi connectivity index (χ3n) is 5.40. The SMILES string of the molecule is NC(=O)c1cc(-c2ccc(F)cc2)c2c(n1)CN(Cc1ccc(C(N)O)cc1)CC2. The molecule has 5 N–H and O–H groups in total. The van der Waals surface area contributed by atoms with E-state index in [2.05, 4.69) is 9.88 Å². The van der Waals surface area contributed by atoms with Gasteiger partial charge in [-0.1, -0.05) is 36.4 Å². The number of carbonyl (C=O) groups is 1. The molecule has 30 heavy (non-hydrogen) atoms. The highest BCUT2D eigenvalue weighted by Gasteiger charge is 2.23. The van der Waals surface area contributed by atoms with E-state index in [0.29, 0.717) is 18.7 Å². The monoisotopic (exact) mass is 406 g/mol. The minimum Gasteiger partial charge on any atom is -0.375 e. The Hall–Kier alpha value is -3.13. The maximum absolute atomic E-state index is 13.4. The third kappa shape index (κ3) is 4.23. The second-order valence-corrected chi connectivity index (χ2v) is 7.50. The zero-order chi connectivity index (χ0) is 21.3. The van der Waals surface area contributed by atoms with Crippen LogP contribution in [-0.4, -0.2) is 27.4 Å². The number of nitrogens with two attached hydrogens (primary N) is 2. The van der Waals surface area contributed by atoms with Gasteiger partial charge in [0.2, 0.25) is 0 Å². The van der Waals surface area contributed by atoms with Crippen molar-refractivity contribution in [2.45, 2.75) is 25.7 Å². The number of halogens is 1. The molecule has 1 unspecified atom stereocenters. The lowest BCUT2D eigenvalue weighted by Crippen LogP contribution is -2.32. The molecule has 2 heterocycles. The van der Waals surface area contributed by atoms with Gasteiger partial charge in [-0.3, -0.25) is 9.69 Å². The second-order valence-electron chi connectivity index (χ2n) is 7.50. The van der Waals surface area contributed by atoms with Gasteiger partial charge in [0.25, 0.3) is 5.91 Å². The first-order valence-corrected chi connectivity index (χ1v) is 9.74. The first kappa shape index (κ1) is 20.2. The molecule has 0 radical (unpaired) electrons. The molecule has 1 aliphatic heterocycles. The maximum atomic E-state index is 13.4. The van der Waals surface area contributed by atoms with Crippen molar-refractivity contribution in [3.63, 3.8) is 0 Å². The molecule has 3 aromatic rings. The van der Waals surface area contributed by atoms with Crippen LogP contribution in [0.2, 0.25) is 0 Å². The predicted octanol–water partition coefficient (Wildman–Crippen LogP) is 2.49. The molecule has 0 spiro atoms. The van der Waals surface area contributed by atoms with Crippen molar-refractivity contribution in [1.82, 2.24) is 9.88 Å². The average molecular weight is 406 g/mol. The van der Waals surface area contributed by atoms with Gasteiger partial charge in [0.15, 0.2) is 0 Å². The molecule has 0 fully saturated rings. The van der Waals surface area contributed by atoms with E-state index in [4.69, 9.17) is 11.5 Å². The zero-order valence-corrected chi connectivity index (χ0v) is 16.4. The molecule has 1 amide bonds. The second kappa shape index (κ2) is 8.31. The summed E-state index contributed by atoms with van der Waals surface area (Å²) in [7, 11) is 0. The fourth-order valence-electron chi connectivity index (χ4n) is 3.82. The first-order chi connectivity index (χ1) is 14.4. The highest BCUT2D eigenvalue weighted by molar-refractivity contribution is 5.92. The van der Waals surface area contributed by atoms with Gasteiger partial charge in [-0.2, -0.15) is 0 Å². The van der Waals surface area contributed by atoms with Crippen LogP contribution in [0.3, 0.4) is 0 Å². The Morgan fingerprint density at radius 2 is 1.87 bits per heavy atom. The largest absolute Gasteiger partial charge is 0.375 e. The normalized spacial score (nSPS) is 14.9. The number of hydrogen-bond donors (Lipinski definition) is 3. The van der Waals surface area contributed by atoms with Crippen molar-refractivity contribution in [3.8, 4) is 11.1 Å². The van der Waals surface area contributed by atoms with Crippen LogP contribution in [0.1, 0.15) is 39.1 Å². The highest BCUT2D eigenvalue weighted by atomic mass is 19.1. The lowest BCUT2D eigenvalue weighted by atomic mass is 9.93. The van der Waals surface area contributed by atoms with Crippen LogP contribution in [0.5, 0.6) is 0 Å². The smallest absolute Gasteiger partial charge is 0.267 e. The summed E-state index contributed by atoms with van der Waals surface area (Å²) < 4.78 is 13.4. The van der Waals surface area contributed by atoms with E-state index in [1.807, 2.05) is 24.3 Å². The molecule has 1 aliphatic rings. The van der Waals surface area contributed by atoms with Crippen LogP contribution >= 0.6 is 0 Å². The fourth-order valence-corrected chi connectivity index (χ4v) is 3.82. The molecule has 1 aromatic heterocycles. The summed E-state index contributed by atoms with van der Waals surface area (Å²) in [5.74, 6) is -0.898. The number of aromatic nitrogens is 1. The van der Waals surface area contributed by atoms with Gasteiger partial charge >= 0.3 is 0 Å². The van der Waals surface area contributed by atoms with Gasteiger partial charge in [0, 0.05) is 19.6 Å². The van der Waals surface area contributed by atoms with E-state index < -0.39 is 12.1 Å². The summed E-state index contributed by atoms with van der Waals surface area (Å²) in [5.41, 5.74) is 16.5. The minimum atomic E-state index is -0.984. The number of aliphatic hydroxyl groups is 1. The maximum Gasteiger partial charge on any atom is 0.267 e. The van der Waals surface area contributed by atoms with Crippen LogP contribution in [0.25, 0.3) is 11.1 Å². The standard InChI is InChI=1S/C23H23FN4O2/c24-17-7-5-15(6-8-17)19-11-20(23(26)30)27-21-13-28(10-9-18(19)21)12-14-1-3-16(4-2-14)22(25)29/h1-8,11,22,29H,9-10,12-13,25H2,(H2,26,30). The van der Waals surface area contributed by atoms with Gasteiger partial charge in [-0.05, 0) is 52.4 Å². The van der Waals surface area contributed by atoms with E-state index in [-0.39, 0.29) is 11.5 Å². The molecule has 154 valence electrons. The highest BCUT2D eigenvalue weighted by Crippen LogP contribution is 2.31. The zero-order valence-electron chi connectivity index (χ0n) is 16.4. The number of primary amides is 1. The summed E-state index contributed by atoms with van der Waals surface area (Å²) in [5, 5.41) is 9.45. The molecule has 1 atom stereocenters. The number of rotatable bonds is 5. The van der Waals surface area contributed by atoms with E-state index in [9.17, 15) is 14.3 Å². The molecule has 7 heteroatoms. The van der Waals surface area contributed by atoms with E-state index in [1.54, 1.807) is 18.2 Å². The molecule has 0 saturated heterocycles. The Morgan fingerprint density at radius 1 is 1.17 bits per heavy atom. The van der Waals surface area contributed by atoms with Crippen molar-refractivity contribution in [2.75, 3.05) is 6.54 Å². The van der Waals surface area contributed by atoms with Gasteiger partial charge in [-0.25, -0.2) is 9.37 Å². The lowest BCUT2D eigenvalue weighted by molar-refractivity contribution is 0.0994. The predicted molar refractivity (Wildman–Crippen MR) is 112 cm³/mol. The quantitative estimate of drug-likeness (QED) is 0.565. The number of nitrogens with zero attached hydrogens (tertiary/aromatic N) is 2. The number of benzene rings is 2. The summed E-state index contributed by atoms with van der Waals surface area (Å²) in [6.45, 7) is 2.10. The summed E-state index contributed by atoms with van der Waals surface area (Å²) in [6, 6.07) is 15.4. The number of amides is 1. The van der Waals surface area contributed by atoms with Crippen LogP contribution in [0.4, 0.5) is 4.39 Å². The Balaban J connectivity index is 1.62. The molecule has 0 bridgehead atoms. The van der Waals surface area contributed by atoms with Crippen LogP contribution < -0.4 is 11.5 Å². The number of aliphatic hydroxyl groups excluding tert-OH is 1. The van der Waals surface area contributed by atoms with Gasteiger partial charge in [0.05, 0.1) is 5.69 Å². The van der Waals surface area contributed by atoms with E-state index >= 15 is 0 Å². The molecule has 4 rings (SSSR count). The molecular formula is C23H23FN4O2. The number of hydrogen-bond acceptors (Lipinski definition) is 5. The lowest BCUT2D eigenvalue weighted by Gasteiger charge is -2.30. The van der Waals surface area contributed by atoms with Crippen molar-refractivity contribution in [1.29, 1.82) is 0 Å². The molecule has 0 aliphatic carbocycles. The Bertz CT molecular complexity index is 1070. The topological polar surface area (TPSA) is 105 Å². The third-order valence-corrected chi connectivity index (χ3v) is 5.40. The van der Waals surface area contributed by atoms with E-state index in [0.717, 1.165) is 40.9 Å². The molecule has 0 saturated carbocycles. The average Bonchev–Trinajstić information content (AvgIpc) is 2.73. The summed E-state index contributed by atoms with van der Waals surface area (Å²) in [6.07, 6.45) is -0.226. The van der Waals surface area contributed by atoms with Gasteiger partial charge in [0.1, 0.15) is 17.7 Å². The number of pyridine rings is 1. The van der Waals surface area contributed by atoms with Crippen molar-refractivity contribution in [3.05, 3.63) is 88.5 Å². The summed E-state index contributed by atoms with van der Waals surface area (Å²) in [4.78, 5) is 18.6. The van der Waals surface area contributed by atoms with Gasteiger partial charge < -0.3 is 16.6 Å². The number of fused-ring (bicyclic) bond motifs is 1. The van der Waals surface area contributed by atoms with Crippen molar-refractivity contribution < 1.29 is 14.3 Å². The Kier molecular flexibility index (Phi) is 5.59. The van der Waals surface area contributed by atoms with Gasteiger partial charge in [-0.15, -0.1) is 0 Å². The van der Waals surface area contributed by atoms with E-state index in [1.165, 1.54) is 12.1 Å². The fraction of sp³-hybridized carbons (Fsp3) is 0.217. The summed E-state index contributed by atoms with van der Waals surface area (Å²) >= 11 is 0. The van der Waals surface area contributed by atoms with Crippen LogP contribution in [0.15, 0.2) is 54.6 Å². The van der Waals surface area contributed by atoms with Crippen molar-refractivity contribution in [2.24, 2.45) is 11.5 Å². The molecule has 6 nitrogen and oxygen atoms in total. The molecule has 2 aromatic carbocycles. The Morgan fingerprint density at radius 3 is 2.50 bits per heavy atom. The van der Waals surface area contributed by atoms with Crippen molar-refractivity contribution >= 4 is 5.91 Å².